The van der Waals surface area contributed by atoms with Crippen LogP contribution in [0.25, 0.3) is 0 Å². The molecule has 4 heterocycles. The van der Waals surface area contributed by atoms with Crippen molar-refractivity contribution in [3.05, 3.63) is 82.9 Å². The molecule has 4 aliphatic heterocycles. The van der Waals surface area contributed by atoms with E-state index in [-0.39, 0.29) is 16.6 Å². The number of piperidine rings is 2. The van der Waals surface area contributed by atoms with Crippen molar-refractivity contribution in [1.29, 1.82) is 0 Å². The lowest BCUT2D eigenvalue weighted by Gasteiger charge is -2.61. The average molecular weight is 751 g/mol. The van der Waals surface area contributed by atoms with Crippen molar-refractivity contribution in [3.63, 3.8) is 0 Å². The lowest BCUT2D eigenvalue weighted by Crippen LogP contribution is -2.63. The molecule has 11 rings (SSSR count). The van der Waals surface area contributed by atoms with Crippen LogP contribution in [-0.2, 0) is 42.6 Å². The van der Waals surface area contributed by atoms with E-state index >= 15 is 0 Å². The monoisotopic (exact) mass is 750 g/mol. The van der Waals surface area contributed by atoms with Gasteiger partial charge in [-0.3, -0.25) is 0 Å². The molecule has 4 bridgehead atoms. The van der Waals surface area contributed by atoms with Crippen LogP contribution in [0.2, 0.25) is 0 Å². The van der Waals surface area contributed by atoms with Crippen LogP contribution in [0.1, 0.15) is 73.6 Å². The molecule has 3 aromatic rings. The molecule has 2 saturated carbocycles. The lowest BCUT2D eigenvalue weighted by molar-refractivity contribution is -0.213. The van der Waals surface area contributed by atoms with Gasteiger partial charge in [0.25, 0.3) is 0 Å². The van der Waals surface area contributed by atoms with Crippen LogP contribution < -0.4 is 14.2 Å². The summed E-state index contributed by atoms with van der Waals surface area (Å²) in [6, 6.07) is 22.3. The minimum Gasteiger partial charge on any atom is -0.497 e. The Hall–Kier alpha value is -3.18. The van der Waals surface area contributed by atoms with Crippen molar-refractivity contribution in [2.24, 2.45) is 11.8 Å². The van der Waals surface area contributed by atoms with Crippen LogP contribution in [-0.4, -0.2) is 101 Å². The van der Waals surface area contributed by atoms with Crippen molar-refractivity contribution < 1.29 is 33.2 Å². The Morgan fingerprint density at radius 3 is 1.84 bits per heavy atom. The van der Waals surface area contributed by atoms with Gasteiger partial charge in [-0.25, -0.2) is 0 Å². The third kappa shape index (κ3) is 5.78. The number of likely N-dealkylation sites (tertiary alicyclic amines) is 2. The van der Waals surface area contributed by atoms with E-state index in [1.54, 1.807) is 14.2 Å². The molecule has 55 heavy (non-hydrogen) atoms. The van der Waals surface area contributed by atoms with Crippen LogP contribution in [0.5, 0.6) is 23.0 Å². The van der Waals surface area contributed by atoms with Crippen molar-refractivity contribution in [2.45, 2.75) is 98.7 Å². The Balaban J connectivity index is 0.000000140. The fourth-order valence-corrected chi connectivity index (χ4v) is 12.9. The zero-order chi connectivity index (χ0) is 37.4. The molecule has 0 N–H and O–H groups in total. The predicted molar refractivity (Wildman–Crippen MR) is 209 cm³/mol. The number of rotatable bonds is 4. The predicted octanol–water partition coefficient (Wildman–Crippen LogP) is 7.27. The first kappa shape index (κ1) is 36.2. The molecule has 4 saturated heterocycles. The number of methoxy groups -OCH3 is 2. The quantitative estimate of drug-likeness (QED) is 0.274. The van der Waals surface area contributed by atoms with E-state index in [1.807, 2.05) is 30.3 Å². The number of likely N-dealkylation sites (N-methyl/N-ethyl adjacent to an activating group) is 2. The molecule has 3 aromatic carbocycles. The molecular formula is C46H58N2O7. The van der Waals surface area contributed by atoms with Crippen LogP contribution in [0.3, 0.4) is 0 Å². The van der Waals surface area contributed by atoms with Gasteiger partial charge in [-0.15, -0.1) is 0 Å². The molecule has 0 radical (unpaired) electrons. The Morgan fingerprint density at radius 2 is 1.20 bits per heavy atom. The van der Waals surface area contributed by atoms with Crippen LogP contribution in [0, 0.1) is 11.8 Å². The topological polar surface area (TPSA) is 71.1 Å². The van der Waals surface area contributed by atoms with E-state index in [0.29, 0.717) is 37.1 Å². The first-order valence-corrected chi connectivity index (χ1v) is 20.9. The Bertz CT molecular complexity index is 1890. The van der Waals surface area contributed by atoms with Gasteiger partial charge in [-0.2, -0.15) is 0 Å². The van der Waals surface area contributed by atoms with E-state index in [2.05, 4.69) is 54.2 Å². The Labute approximate surface area is 326 Å². The van der Waals surface area contributed by atoms with E-state index in [4.69, 9.17) is 33.2 Å². The number of benzene rings is 3. The molecule has 2 spiro atoms. The summed E-state index contributed by atoms with van der Waals surface area (Å²) in [6.07, 6.45) is 10.8. The first-order chi connectivity index (χ1) is 26.8. The van der Waals surface area contributed by atoms with Gasteiger partial charge in [0.05, 0.1) is 40.6 Å². The smallest absolute Gasteiger partial charge is 0.173 e. The summed E-state index contributed by atoms with van der Waals surface area (Å²) in [6.45, 7) is 5.13. The maximum absolute atomic E-state index is 6.59. The first-order valence-electron chi connectivity index (χ1n) is 20.9. The molecule has 4 aliphatic carbocycles. The van der Waals surface area contributed by atoms with Crippen LogP contribution >= 0.6 is 0 Å². The second-order valence-electron chi connectivity index (χ2n) is 17.7. The molecule has 0 amide bonds. The number of nitrogens with zero attached hydrogens (tertiary/aromatic N) is 2. The molecule has 9 heteroatoms. The van der Waals surface area contributed by atoms with Gasteiger partial charge in [0, 0.05) is 54.2 Å². The maximum Gasteiger partial charge on any atom is 0.173 e. The number of hydrogen-bond acceptors (Lipinski definition) is 9. The average Bonchev–Trinajstić information content (AvgIpc) is 3.87. The van der Waals surface area contributed by atoms with Crippen molar-refractivity contribution in [3.8, 4) is 23.0 Å². The minimum atomic E-state index is -0.446. The highest BCUT2D eigenvalue weighted by atomic mass is 16.7. The molecule has 0 aromatic heterocycles. The highest BCUT2D eigenvalue weighted by Crippen LogP contribution is 2.63. The number of ether oxygens (including phenoxy) is 7. The lowest BCUT2D eigenvalue weighted by atomic mass is 9.51. The van der Waals surface area contributed by atoms with Gasteiger partial charge >= 0.3 is 0 Å². The van der Waals surface area contributed by atoms with E-state index in [0.717, 1.165) is 101 Å². The third-order valence-electron chi connectivity index (χ3n) is 15.4. The van der Waals surface area contributed by atoms with Crippen LogP contribution in [0.15, 0.2) is 60.7 Å². The maximum atomic E-state index is 6.59. The fraction of sp³-hybridized carbons (Fsp3) is 0.609. The van der Waals surface area contributed by atoms with Crippen molar-refractivity contribution in [1.82, 2.24) is 9.80 Å². The van der Waals surface area contributed by atoms with Crippen molar-refractivity contribution in [2.75, 3.05) is 67.8 Å². The molecule has 9 nitrogen and oxygen atoms in total. The third-order valence-corrected chi connectivity index (χ3v) is 15.4. The molecule has 294 valence electrons. The molecule has 2 unspecified atom stereocenters. The highest BCUT2D eigenvalue weighted by molar-refractivity contribution is 5.59. The standard InChI is InChI=1S/C26H31NO4.C20H27NO3/c1-27-13-12-25-17-26(29-14-15-30-26)11-10-20(25)21(27)16-18-8-9-22(28-2)24(23(18)25)31-19-6-4-3-5-7-19;1-21-8-7-19-13-20(23-9-10-24-20)6-5-16(19)18(21)11-14-3-4-15(22-2)12-17(14)19/h3-9,20-21H,10-17H2,1-2H3;3-4,12,16,18H,5-11,13H2,1-2H3/t20-,21?,25-;16-,18?,19-/m00/s1. The summed E-state index contributed by atoms with van der Waals surface area (Å²) in [5.41, 5.74) is 5.89. The molecule has 8 aliphatic rings. The van der Waals surface area contributed by atoms with Gasteiger partial charge in [-0.1, -0.05) is 30.3 Å². The van der Waals surface area contributed by atoms with Crippen LogP contribution in [0.4, 0.5) is 0 Å². The number of para-hydroxylation sites is 1. The summed E-state index contributed by atoms with van der Waals surface area (Å²) in [4.78, 5) is 5.16. The minimum absolute atomic E-state index is 0.0218. The normalized spacial score (nSPS) is 33.7. The summed E-state index contributed by atoms with van der Waals surface area (Å²) < 4.78 is 42.8. The number of hydrogen-bond donors (Lipinski definition) is 0. The second-order valence-corrected chi connectivity index (χ2v) is 17.7. The van der Waals surface area contributed by atoms with Crippen molar-refractivity contribution >= 4 is 0 Å². The zero-order valence-corrected chi connectivity index (χ0v) is 33.1. The largest absolute Gasteiger partial charge is 0.497 e. The van der Waals surface area contributed by atoms with Gasteiger partial charge in [0.1, 0.15) is 11.5 Å². The Morgan fingerprint density at radius 1 is 0.618 bits per heavy atom. The van der Waals surface area contributed by atoms with E-state index in [9.17, 15) is 0 Å². The van der Waals surface area contributed by atoms with E-state index < -0.39 is 5.79 Å². The second kappa shape index (κ2) is 13.7. The summed E-state index contributed by atoms with van der Waals surface area (Å²) in [5.74, 6) is 4.00. The van der Waals surface area contributed by atoms with Gasteiger partial charge in [0.2, 0.25) is 0 Å². The SMILES string of the molecule is COc1ccc2c(c1)[C@]13CCN(C)C(C2)[C@@H]1CCC1(C3)OCCO1.COc1ccc2c(c1Oc1ccccc1)[C@]13CCN(C)C(C2)[C@@H]1CCC1(C3)OCCO1. The summed E-state index contributed by atoms with van der Waals surface area (Å²) in [5, 5.41) is 0. The van der Waals surface area contributed by atoms with Gasteiger partial charge in [-0.05, 0) is 125 Å². The fourth-order valence-electron chi connectivity index (χ4n) is 12.9. The molecule has 6 atom stereocenters. The zero-order valence-electron chi connectivity index (χ0n) is 33.1. The molecule has 6 fully saturated rings. The van der Waals surface area contributed by atoms with Gasteiger partial charge in [0.15, 0.2) is 23.1 Å². The highest BCUT2D eigenvalue weighted by Gasteiger charge is 2.62. The summed E-state index contributed by atoms with van der Waals surface area (Å²) >= 11 is 0. The summed E-state index contributed by atoms with van der Waals surface area (Å²) in [7, 11) is 8.09. The Kier molecular flexibility index (Phi) is 9.04. The van der Waals surface area contributed by atoms with Gasteiger partial charge < -0.3 is 43.0 Å². The van der Waals surface area contributed by atoms with E-state index in [1.165, 1.54) is 35.1 Å². The molecular weight excluding hydrogens is 693 g/mol. The number of fused-ring (bicyclic) bond motifs is 2.